The van der Waals surface area contributed by atoms with Crippen LogP contribution in [0.5, 0.6) is 0 Å². The van der Waals surface area contributed by atoms with Crippen molar-refractivity contribution in [1.29, 1.82) is 0 Å². The lowest BCUT2D eigenvalue weighted by molar-refractivity contribution is -0.192. The topological polar surface area (TPSA) is 130 Å². The van der Waals surface area contributed by atoms with Gasteiger partial charge in [0.2, 0.25) is 5.91 Å². The van der Waals surface area contributed by atoms with Crippen molar-refractivity contribution >= 4 is 17.7 Å². The molecular formula is C26H34F3N7O4. The number of aromatic nitrogens is 4. The minimum atomic E-state index is -5.08. The van der Waals surface area contributed by atoms with E-state index in [1.807, 2.05) is 39.0 Å². The number of halogens is 3. The number of hydrogen-bond acceptors (Lipinski definition) is 8. The van der Waals surface area contributed by atoms with Gasteiger partial charge >= 0.3 is 12.1 Å². The van der Waals surface area contributed by atoms with Crippen LogP contribution in [0.25, 0.3) is 17.4 Å². The molecule has 1 fully saturated rings. The predicted molar refractivity (Wildman–Crippen MR) is 141 cm³/mol. The molecule has 0 aromatic carbocycles. The third-order valence-corrected chi connectivity index (χ3v) is 6.35. The number of nitrogens with zero attached hydrogens (tertiary/aromatic N) is 6. The van der Waals surface area contributed by atoms with E-state index < -0.39 is 12.1 Å². The maximum atomic E-state index is 12.9. The molecule has 1 aliphatic rings. The molecule has 0 saturated carbocycles. The Morgan fingerprint density at radius 3 is 2.35 bits per heavy atom. The number of aliphatic carboxylic acids is 1. The Kier molecular flexibility index (Phi) is 10.0. The number of carbonyl (C=O) groups is 2. The van der Waals surface area contributed by atoms with E-state index in [4.69, 9.17) is 14.3 Å². The van der Waals surface area contributed by atoms with Crippen molar-refractivity contribution in [3.63, 3.8) is 0 Å². The number of likely N-dealkylation sites (N-methyl/N-ethyl adjacent to an activating group) is 1. The van der Waals surface area contributed by atoms with E-state index >= 15 is 0 Å². The summed E-state index contributed by atoms with van der Waals surface area (Å²) in [6.07, 6.45) is -3.99. The normalized spacial score (nSPS) is 15.7. The van der Waals surface area contributed by atoms with Crippen molar-refractivity contribution in [2.75, 3.05) is 38.0 Å². The van der Waals surface area contributed by atoms with Crippen LogP contribution >= 0.6 is 0 Å². The van der Waals surface area contributed by atoms with Crippen molar-refractivity contribution in [2.24, 2.45) is 0 Å². The minimum absolute atomic E-state index is 0.0882. The number of nitrogens with one attached hydrogen (secondary N) is 1. The van der Waals surface area contributed by atoms with Gasteiger partial charge in [-0.3, -0.25) is 14.6 Å². The second-order valence-corrected chi connectivity index (χ2v) is 9.43. The Balaban J connectivity index is 0.000000559. The number of furan rings is 1. The fourth-order valence-electron chi connectivity index (χ4n) is 4.51. The molecule has 14 heteroatoms. The molecule has 0 radical (unpaired) electrons. The Morgan fingerprint density at radius 1 is 1.15 bits per heavy atom. The zero-order valence-electron chi connectivity index (χ0n) is 23.1. The molecule has 1 amide bonds. The van der Waals surface area contributed by atoms with Crippen molar-refractivity contribution in [1.82, 2.24) is 29.5 Å². The zero-order chi connectivity index (χ0) is 29.6. The summed E-state index contributed by atoms with van der Waals surface area (Å²) in [5, 5.41) is 14.6. The fraction of sp³-hybridized carbons (Fsp3) is 0.500. The Morgan fingerprint density at radius 2 is 1.82 bits per heavy atom. The molecule has 1 saturated heterocycles. The van der Waals surface area contributed by atoms with Crippen LogP contribution in [0.1, 0.15) is 37.4 Å². The van der Waals surface area contributed by atoms with Crippen molar-refractivity contribution in [2.45, 2.75) is 53.3 Å². The maximum absolute atomic E-state index is 12.9. The summed E-state index contributed by atoms with van der Waals surface area (Å²) in [6, 6.07) is 7.94. The number of amides is 1. The Hall–Kier alpha value is -3.78. The molecule has 3 aromatic rings. The van der Waals surface area contributed by atoms with E-state index in [0.717, 1.165) is 49.7 Å². The third kappa shape index (κ3) is 8.11. The summed E-state index contributed by atoms with van der Waals surface area (Å²) in [6.45, 7) is 14.4. The Bertz CT molecular complexity index is 1320. The first-order chi connectivity index (χ1) is 18.8. The number of hydrogen-bond donors (Lipinski definition) is 2. The van der Waals surface area contributed by atoms with E-state index in [1.54, 1.807) is 10.7 Å². The smallest absolute Gasteiger partial charge is 0.475 e. The molecule has 4 heterocycles. The number of carbonyl (C=O) groups excluding carboxylic acids is 1. The highest BCUT2D eigenvalue weighted by molar-refractivity contribution is 5.91. The van der Waals surface area contributed by atoms with Gasteiger partial charge < -0.3 is 14.8 Å². The molecule has 0 bridgehead atoms. The molecule has 0 unspecified atom stereocenters. The van der Waals surface area contributed by atoms with Crippen LogP contribution in [0.4, 0.5) is 19.0 Å². The lowest BCUT2D eigenvalue weighted by atomic mass is 10.2. The first-order valence-electron chi connectivity index (χ1n) is 12.9. The van der Waals surface area contributed by atoms with Gasteiger partial charge in [0.05, 0.1) is 12.2 Å². The Labute approximate surface area is 230 Å². The number of carboxylic acids is 1. The number of rotatable bonds is 8. The summed E-state index contributed by atoms with van der Waals surface area (Å²) < 4.78 is 39.2. The van der Waals surface area contributed by atoms with Gasteiger partial charge in [-0.25, -0.2) is 19.4 Å². The van der Waals surface area contributed by atoms with Crippen LogP contribution in [0.15, 0.2) is 28.7 Å². The number of likely N-dealkylation sites (tertiary alicyclic amines) is 1. The molecule has 11 nitrogen and oxygen atoms in total. The number of carboxylic acid groups (broad SMARTS) is 1. The number of anilines is 1. The number of aryl methyl sites for hydroxylation is 3. The van der Waals surface area contributed by atoms with Gasteiger partial charge in [0, 0.05) is 30.9 Å². The van der Waals surface area contributed by atoms with Crippen LogP contribution in [0, 0.1) is 20.8 Å². The van der Waals surface area contributed by atoms with Crippen LogP contribution in [-0.2, 0) is 9.59 Å². The third-order valence-electron chi connectivity index (χ3n) is 6.35. The summed E-state index contributed by atoms with van der Waals surface area (Å²) in [7, 11) is 0. The highest BCUT2D eigenvalue weighted by atomic mass is 19.4. The SMILES string of the molecule is CCN(CC)[C@H]1CCN(CC(=O)Nc2cc(-n3nc(C)cc3C)nc(-c3ccc(C)o3)n2)C1.O=C(O)C(F)(F)F. The summed E-state index contributed by atoms with van der Waals surface area (Å²) >= 11 is 0. The van der Waals surface area contributed by atoms with E-state index in [-0.39, 0.29) is 5.91 Å². The van der Waals surface area contributed by atoms with Gasteiger partial charge in [-0.05, 0) is 58.5 Å². The molecule has 4 rings (SSSR count). The quantitative estimate of drug-likeness (QED) is 0.419. The molecule has 0 spiro atoms. The van der Waals surface area contributed by atoms with Crippen molar-refractivity contribution in [3.8, 4) is 17.4 Å². The highest BCUT2D eigenvalue weighted by Crippen LogP contribution is 2.23. The van der Waals surface area contributed by atoms with Gasteiger partial charge in [-0.1, -0.05) is 13.8 Å². The average Bonchev–Trinajstić information content (AvgIpc) is 3.59. The molecule has 0 aliphatic carbocycles. The molecule has 2 N–H and O–H groups in total. The van der Waals surface area contributed by atoms with Gasteiger partial charge in [0.25, 0.3) is 0 Å². The minimum Gasteiger partial charge on any atom is -0.475 e. The summed E-state index contributed by atoms with van der Waals surface area (Å²) in [5.74, 6) is -0.104. The maximum Gasteiger partial charge on any atom is 0.490 e. The molecule has 218 valence electrons. The first kappa shape index (κ1) is 30.8. The largest absolute Gasteiger partial charge is 0.490 e. The van der Waals surface area contributed by atoms with Crippen LogP contribution in [-0.4, -0.2) is 91.5 Å². The molecule has 1 aliphatic heterocycles. The molecular weight excluding hydrogens is 531 g/mol. The van der Waals surface area contributed by atoms with Gasteiger partial charge in [0.1, 0.15) is 11.6 Å². The molecule has 40 heavy (non-hydrogen) atoms. The van der Waals surface area contributed by atoms with Crippen LogP contribution in [0.2, 0.25) is 0 Å². The average molecular weight is 566 g/mol. The summed E-state index contributed by atoms with van der Waals surface area (Å²) in [5.41, 5.74) is 1.84. The lowest BCUT2D eigenvalue weighted by Crippen LogP contribution is -2.39. The highest BCUT2D eigenvalue weighted by Gasteiger charge is 2.38. The van der Waals surface area contributed by atoms with E-state index in [0.29, 0.717) is 35.8 Å². The fourth-order valence-corrected chi connectivity index (χ4v) is 4.51. The zero-order valence-corrected chi connectivity index (χ0v) is 23.1. The second kappa shape index (κ2) is 13.0. The molecule has 1 atom stereocenters. The van der Waals surface area contributed by atoms with Crippen LogP contribution in [0.3, 0.4) is 0 Å². The first-order valence-corrected chi connectivity index (χ1v) is 12.9. The number of alkyl halides is 3. The lowest BCUT2D eigenvalue weighted by Gasteiger charge is -2.26. The van der Waals surface area contributed by atoms with Crippen molar-refractivity contribution < 1.29 is 32.3 Å². The van der Waals surface area contributed by atoms with Gasteiger partial charge in [-0.15, -0.1) is 0 Å². The van der Waals surface area contributed by atoms with E-state index in [2.05, 4.69) is 44.0 Å². The van der Waals surface area contributed by atoms with Gasteiger partial charge in [0.15, 0.2) is 17.4 Å². The second-order valence-electron chi connectivity index (χ2n) is 9.43. The predicted octanol–water partition coefficient (Wildman–Crippen LogP) is 3.84. The monoisotopic (exact) mass is 565 g/mol. The van der Waals surface area contributed by atoms with Crippen molar-refractivity contribution in [3.05, 3.63) is 41.4 Å². The van der Waals surface area contributed by atoms with Gasteiger partial charge in [-0.2, -0.15) is 18.3 Å². The van der Waals surface area contributed by atoms with E-state index in [1.165, 1.54) is 0 Å². The van der Waals surface area contributed by atoms with Crippen LogP contribution < -0.4 is 5.32 Å². The standard InChI is InChI=1S/C24H33N7O2.C2HF3O2/c1-6-30(7-2)19-10-11-29(14-19)15-23(32)25-21-13-22(31-17(4)12-16(3)28-31)27-24(26-21)20-9-8-18(5)33-20;3-2(4,5)1(6)7/h8-9,12-13,19H,6-7,10-11,14-15H2,1-5H3,(H,25,26,27,32);(H,6,7)/t19-;/m0./s1. The van der Waals surface area contributed by atoms with E-state index in [9.17, 15) is 18.0 Å². The summed E-state index contributed by atoms with van der Waals surface area (Å²) in [4.78, 5) is 35.7. The molecule has 3 aromatic heterocycles.